The zero-order chi connectivity index (χ0) is 27.6. The molecule has 0 saturated heterocycles. The van der Waals surface area contributed by atoms with Gasteiger partial charge in [-0.25, -0.2) is 0 Å². The molecule has 0 aliphatic carbocycles. The van der Waals surface area contributed by atoms with Crippen molar-refractivity contribution in [1.82, 2.24) is 0 Å². The van der Waals surface area contributed by atoms with Crippen molar-refractivity contribution in [1.29, 1.82) is 0 Å². The molecule has 2 unspecified atom stereocenters. The van der Waals surface area contributed by atoms with Crippen LogP contribution in [0.25, 0.3) is 0 Å². The van der Waals surface area contributed by atoms with Gasteiger partial charge >= 0.3 is 252 Å². The number of benzene rings is 2. The Morgan fingerprint density at radius 3 is 1.32 bits per heavy atom. The number of phenols is 2. The topological polar surface area (TPSA) is 40.5 Å². The molecule has 11 heteroatoms. The average molecular weight is 789 g/mol. The molecule has 196 valence electrons. The Balaban J connectivity index is 1.70. The fourth-order valence-electron chi connectivity index (χ4n) is 4.98. The van der Waals surface area contributed by atoms with Gasteiger partial charge in [0.05, 0.1) is 0 Å². The fourth-order valence-corrected chi connectivity index (χ4v) is 32.5. The molecule has 0 fully saturated rings. The summed E-state index contributed by atoms with van der Waals surface area (Å²) in [5.41, 5.74) is 2.44. The first-order valence-electron chi connectivity index (χ1n) is 11.9. The SMILES string of the molecule is CC1=C[C](C)([Zr]([Cl])([Cl])[c]2cc([SiH2]c3ccc(O)[c]([Zr]([Cl])([Cl])[C]4(C)C=C(C)C(C)=P4)c3)ccc2O)P=C1C. The van der Waals surface area contributed by atoms with Crippen LogP contribution < -0.4 is 16.9 Å². The van der Waals surface area contributed by atoms with Crippen LogP contribution in [0.2, 0.25) is 0 Å². The van der Waals surface area contributed by atoms with Gasteiger partial charge in [0.15, 0.2) is 0 Å². The van der Waals surface area contributed by atoms with Gasteiger partial charge in [-0.2, -0.15) is 0 Å². The quantitative estimate of drug-likeness (QED) is 0.278. The Morgan fingerprint density at radius 1 is 0.676 bits per heavy atom. The van der Waals surface area contributed by atoms with Crippen molar-refractivity contribution < 1.29 is 46.0 Å². The standard InChI is InChI=1S/C12H10O2Si.2C7H10P.4ClH.2Zr/c13-9-1-5-11(6-2-9)15-12-7-3-10(14)4-8-12;2*1-5-4-6(2)8-7(5)3;;;;;;/h1,3,5-8,13-14H,15H2;2*4H,1-3H3;4*1H;;/q;;;;;;;2*+2/p-4. The zero-order valence-electron chi connectivity index (χ0n) is 21.6. The molecule has 2 heterocycles. The van der Waals surface area contributed by atoms with E-state index in [4.69, 9.17) is 34.1 Å². The molecule has 4 rings (SSSR count). The van der Waals surface area contributed by atoms with Crippen LogP contribution in [0.1, 0.15) is 41.5 Å². The molecule has 0 radical (unpaired) electrons. The molecular weight excluding hydrogens is 759 g/mol. The van der Waals surface area contributed by atoms with Crippen LogP contribution in [-0.2, 0) is 35.8 Å². The molecule has 0 spiro atoms. The van der Waals surface area contributed by atoms with Crippen molar-refractivity contribution in [3.05, 3.63) is 59.7 Å². The summed E-state index contributed by atoms with van der Waals surface area (Å²) >= 11 is -8.07. The first kappa shape index (κ1) is 31.0. The summed E-state index contributed by atoms with van der Waals surface area (Å²) in [6, 6.07) is 11.4. The van der Waals surface area contributed by atoms with Crippen LogP contribution in [0, 0.1) is 0 Å². The van der Waals surface area contributed by atoms with E-state index in [1.165, 1.54) is 21.7 Å². The third-order valence-corrected chi connectivity index (χ3v) is 46.8. The van der Waals surface area contributed by atoms with E-state index >= 15 is 0 Å². The normalized spacial score (nSPS) is 25.2. The van der Waals surface area contributed by atoms with Crippen molar-refractivity contribution >= 4 is 87.5 Å². The van der Waals surface area contributed by atoms with E-state index in [0.29, 0.717) is 0 Å². The molecule has 0 saturated carbocycles. The van der Waals surface area contributed by atoms with Gasteiger partial charge in [-0.15, -0.1) is 0 Å². The monoisotopic (exact) mass is 784 g/mol. The summed E-state index contributed by atoms with van der Waals surface area (Å²) in [5, 5.41) is 26.4. The average Bonchev–Trinajstić information content (AvgIpc) is 3.24. The summed E-state index contributed by atoms with van der Waals surface area (Å²) < 4.78 is 0.749. The molecular formula is C26H30Cl4O2P2SiZr2. The van der Waals surface area contributed by atoms with E-state index < -0.39 is 45.3 Å². The van der Waals surface area contributed by atoms with Crippen LogP contribution in [-0.4, -0.2) is 36.0 Å². The minimum atomic E-state index is -4.03. The van der Waals surface area contributed by atoms with Gasteiger partial charge in [0.1, 0.15) is 0 Å². The Kier molecular flexibility index (Phi) is 9.21. The van der Waals surface area contributed by atoms with Gasteiger partial charge in [-0.3, -0.25) is 0 Å². The van der Waals surface area contributed by atoms with Crippen molar-refractivity contribution in [3.8, 4) is 11.5 Å². The predicted molar refractivity (Wildman–Crippen MR) is 166 cm³/mol. The van der Waals surface area contributed by atoms with E-state index in [1.807, 2.05) is 24.3 Å². The van der Waals surface area contributed by atoms with Gasteiger partial charge in [0.2, 0.25) is 0 Å². The second-order valence-electron chi connectivity index (χ2n) is 10.4. The van der Waals surface area contributed by atoms with Crippen molar-refractivity contribution in [3.63, 3.8) is 0 Å². The Labute approximate surface area is 248 Å². The van der Waals surface area contributed by atoms with E-state index in [0.717, 1.165) is 33.3 Å². The van der Waals surface area contributed by atoms with Crippen LogP contribution >= 0.6 is 50.5 Å². The molecule has 2 aromatic carbocycles. The molecule has 2 N–H and O–H groups in total. The van der Waals surface area contributed by atoms with E-state index in [2.05, 4.69) is 53.7 Å². The summed E-state index contributed by atoms with van der Waals surface area (Å²) in [7, 11) is 30.2. The summed E-state index contributed by atoms with van der Waals surface area (Å²) in [4.78, 5) is 0. The van der Waals surface area contributed by atoms with Crippen molar-refractivity contribution in [2.24, 2.45) is 0 Å². The Morgan fingerprint density at radius 2 is 1.03 bits per heavy atom. The Hall–Kier alpha value is 1.00. The molecule has 37 heavy (non-hydrogen) atoms. The molecule has 2 atom stereocenters. The number of rotatable bonds is 6. The molecule has 0 bridgehead atoms. The van der Waals surface area contributed by atoms with Crippen LogP contribution in [0.5, 0.6) is 11.5 Å². The van der Waals surface area contributed by atoms with E-state index in [9.17, 15) is 10.2 Å². The summed E-state index contributed by atoms with van der Waals surface area (Å²) in [6.45, 7) is 12.6. The molecule has 2 aliphatic rings. The third-order valence-electron chi connectivity index (χ3n) is 7.41. The summed E-state index contributed by atoms with van der Waals surface area (Å²) in [5.74, 6) is 0.353. The zero-order valence-corrected chi connectivity index (χ0v) is 32.8. The van der Waals surface area contributed by atoms with Gasteiger partial charge in [-0.05, 0) is 0 Å². The van der Waals surface area contributed by atoms with Gasteiger partial charge in [-0.1, -0.05) is 0 Å². The fraction of sp³-hybridized carbons (Fsp3) is 0.308. The van der Waals surface area contributed by atoms with Gasteiger partial charge in [0, 0.05) is 0 Å². The maximum atomic E-state index is 10.8. The molecule has 2 aliphatic heterocycles. The van der Waals surface area contributed by atoms with Gasteiger partial charge < -0.3 is 0 Å². The number of halogens is 4. The molecule has 2 nitrogen and oxygen atoms in total. The van der Waals surface area contributed by atoms with Crippen LogP contribution in [0.3, 0.4) is 0 Å². The van der Waals surface area contributed by atoms with E-state index in [1.54, 1.807) is 12.1 Å². The predicted octanol–water partition coefficient (Wildman–Crippen LogP) is 6.02. The number of hydrogen-bond acceptors (Lipinski definition) is 2. The number of hydrogen-bond donors (Lipinski definition) is 2. The van der Waals surface area contributed by atoms with Crippen LogP contribution in [0.15, 0.2) is 59.7 Å². The van der Waals surface area contributed by atoms with Crippen molar-refractivity contribution in [2.45, 2.75) is 47.3 Å². The second kappa shape index (κ2) is 11.0. The number of allylic oxidation sites excluding steroid dienone is 4. The summed E-state index contributed by atoms with van der Waals surface area (Å²) in [6.07, 6.45) is 4.39. The first-order chi connectivity index (χ1) is 17.0. The molecule has 2 aromatic rings. The first-order valence-corrected chi connectivity index (χ1v) is 32.7. The van der Waals surface area contributed by atoms with Gasteiger partial charge in [0.25, 0.3) is 0 Å². The Bertz CT molecular complexity index is 1280. The molecule has 0 aromatic heterocycles. The van der Waals surface area contributed by atoms with E-state index in [-0.39, 0.29) is 17.2 Å². The molecule has 0 amide bonds. The number of aromatic hydroxyl groups is 2. The van der Waals surface area contributed by atoms with Crippen LogP contribution in [0.4, 0.5) is 0 Å². The second-order valence-corrected chi connectivity index (χ2v) is 47.2. The maximum absolute atomic E-state index is 10.8. The third kappa shape index (κ3) is 5.72. The van der Waals surface area contributed by atoms with Crippen molar-refractivity contribution in [2.75, 3.05) is 0 Å². The number of phenolic OH excluding ortho intramolecular Hbond substituents is 2. The minimum absolute atomic E-state index is 0.177.